The van der Waals surface area contributed by atoms with E-state index in [1.54, 1.807) is 0 Å². The Hall–Kier alpha value is -2.06. The van der Waals surface area contributed by atoms with Gasteiger partial charge in [0.25, 0.3) is 0 Å². The number of halogens is 5. The summed E-state index contributed by atoms with van der Waals surface area (Å²) < 4.78 is 61.3. The minimum atomic E-state index is -5.12. The van der Waals surface area contributed by atoms with Gasteiger partial charge in [0.1, 0.15) is 0 Å². The van der Waals surface area contributed by atoms with E-state index in [1.165, 1.54) is 14.2 Å². The third-order valence-corrected chi connectivity index (χ3v) is 4.73. The van der Waals surface area contributed by atoms with Crippen molar-refractivity contribution in [1.29, 1.82) is 0 Å². The van der Waals surface area contributed by atoms with Crippen molar-refractivity contribution in [3.05, 3.63) is 62.8 Å². The van der Waals surface area contributed by atoms with Gasteiger partial charge in [-0.15, -0.1) is 0 Å². The first-order chi connectivity index (χ1) is 11.9. The maximum atomic E-state index is 14.2. The van der Waals surface area contributed by atoms with Crippen LogP contribution >= 0.6 is 11.6 Å². The maximum Gasteiger partial charge on any atom is 0.422 e. The number of methoxy groups -OCH3 is 1. The second kappa shape index (κ2) is 6.92. The molecule has 1 heterocycles. The SMILES string of the molecule is COc1ccc([C@H](C)[C@](O)(c2ccc(=O)n(C)c2)C(F)(F)F)c(Cl)c1F. The highest BCUT2D eigenvalue weighted by Gasteiger charge is 2.59. The summed E-state index contributed by atoms with van der Waals surface area (Å²) in [6.07, 6.45) is -4.23. The molecular formula is C17H16ClF4NO3. The fourth-order valence-corrected chi connectivity index (χ4v) is 3.06. The van der Waals surface area contributed by atoms with E-state index in [4.69, 9.17) is 16.3 Å². The molecule has 1 N–H and O–H groups in total. The summed E-state index contributed by atoms with van der Waals surface area (Å²) in [5.74, 6) is -2.93. The lowest BCUT2D eigenvalue weighted by atomic mass is 9.78. The van der Waals surface area contributed by atoms with Crippen LogP contribution in [0.15, 0.2) is 35.3 Å². The summed E-state index contributed by atoms with van der Waals surface area (Å²) in [6.45, 7) is 1.08. The van der Waals surface area contributed by atoms with Crippen molar-refractivity contribution in [2.75, 3.05) is 7.11 Å². The van der Waals surface area contributed by atoms with E-state index in [2.05, 4.69) is 0 Å². The van der Waals surface area contributed by atoms with Crippen LogP contribution in [0.1, 0.15) is 24.0 Å². The fraction of sp³-hybridized carbons (Fsp3) is 0.353. The van der Waals surface area contributed by atoms with Crippen LogP contribution in [-0.4, -0.2) is 23.0 Å². The van der Waals surface area contributed by atoms with E-state index in [0.29, 0.717) is 0 Å². The number of ether oxygens (including phenoxy) is 1. The quantitative estimate of drug-likeness (QED) is 0.805. The summed E-state index contributed by atoms with van der Waals surface area (Å²) in [5.41, 5.74) is -4.76. The maximum absolute atomic E-state index is 14.2. The molecule has 26 heavy (non-hydrogen) atoms. The van der Waals surface area contributed by atoms with Crippen molar-refractivity contribution in [3.8, 4) is 5.75 Å². The number of aliphatic hydroxyl groups is 1. The third kappa shape index (κ3) is 3.19. The van der Waals surface area contributed by atoms with Crippen molar-refractivity contribution >= 4 is 11.6 Å². The number of aryl methyl sites for hydroxylation is 1. The van der Waals surface area contributed by atoms with E-state index >= 15 is 0 Å². The lowest BCUT2D eigenvalue weighted by Crippen LogP contribution is -2.47. The monoisotopic (exact) mass is 393 g/mol. The molecule has 0 unspecified atom stereocenters. The molecule has 0 radical (unpaired) electrons. The lowest BCUT2D eigenvalue weighted by Gasteiger charge is -2.37. The molecular weight excluding hydrogens is 378 g/mol. The third-order valence-electron chi connectivity index (χ3n) is 4.35. The molecule has 2 atom stereocenters. The zero-order valence-electron chi connectivity index (χ0n) is 14.1. The molecule has 4 nitrogen and oxygen atoms in total. The topological polar surface area (TPSA) is 51.5 Å². The Morgan fingerprint density at radius 3 is 2.35 bits per heavy atom. The Labute approximate surface area is 151 Å². The normalized spacial score (nSPS) is 15.4. The number of benzene rings is 1. The van der Waals surface area contributed by atoms with E-state index < -0.39 is 39.7 Å². The summed E-state index contributed by atoms with van der Waals surface area (Å²) >= 11 is 5.88. The van der Waals surface area contributed by atoms with Crippen molar-refractivity contribution < 1.29 is 27.4 Å². The molecule has 1 aromatic heterocycles. The molecule has 0 saturated carbocycles. The Bertz CT molecular complexity index is 881. The molecule has 1 aromatic carbocycles. The van der Waals surface area contributed by atoms with Gasteiger partial charge in [-0.1, -0.05) is 24.6 Å². The highest BCUT2D eigenvalue weighted by atomic mass is 35.5. The van der Waals surface area contributed by atoms with Gasteiger partial charge in [-0.3, -0.25) is 4.79 Å². The zero-order chi connectivity index (χ0) is 19.9. The van der Waals surface area contributed by atoms with E-state index in [0.717, 1.165) is 42.0 Å². The van der Waals surface area contributed by atoms with Crippen LogP contribution in [0.2, 0.25) is 5.02 Å². The number of aromatic nitrogens is 1. The van der Waals surface area contributed by atoms with Gasteiger partial charge in [0.05, 0.1) is 12.1 Å². The highest BCUT2D eigenvalue weighted by Crippen LogP contribution is 2.50. The van der Waals surface area contributed by atoms with Crippen LogP contribution in [0.25, 0.3) is 0 Å². The van der Waals surface area contributed by atoms with E-state index in [-0.39, 0.29) is 11.3 Å². The van der Waals surface area contributed by atoms with Crippen LogP contribution in [0, 0.1) is 5.82 Å². The molecule has 0 bridgehead atoms. The first-order valence-corrected chi connectivity index (χ1v) is 7.81. The lowest BCUT2D eigenvalue weighted by molar-refractivity contribution is -0.274. The van der Waals surface area contributed by atoms with E-state index in [9.17, 15) is 27.5 Å². The molecule has 0 aliphatic carbocycles. The van der Waals surface area contributed by atoms with Gasteiger partial charge in [-0.2, -0.15) is 13.2 Å². The summed E-state index contributed by atoms with van der Waals surface area (Å²) in [7, 11) is 2.45. The van der Waals surface area contributed by atoms with Gasteiger partial charge < -0.3 is 14.4 Å². The molecule has 0 saturated heterocycles. The van der Waals surface area contributed by atoms with Crippen LogP contribution in [0.5, 0.6) is 5.75 Å². The van der Waals surface area contributed by atoms with Gasteiger partial charge >= 0.3 is 6.18 Å². The summed E-state index contributed by atoms with van der Waals surface area (Å²) in [6, 6.07) is 4.09. The van der Waals surface area contributed by atoms with Gasteiger partial charge in [0.2, 0.25) is 5.56 Å². The van der Waals surface area contributed by atoms with Crippen LogP contribution in [-0.2, 0) is 12.6 Å². The molecule has 0 aliphatic heterocycles. The zero-order valence-corrected chi connectivity index (χ0v) is 14.8. The summed E-state index contributed by atoms with van der Waals surface area (Å²) in [4.78, 5) is 11.5. The van der Waals surface area contributed by atoms with Crippen molar-refractivity contribution in [2.45, 2.75) is 24.6 Å². The predicted molar refractivity (Wildman–Crippen MR) is 88.0 cm³/mol. The second-order valence-electron chi connectivity index (χ2n) is 5.84. The molecule has 9 heteroatoms. The van der Waals surface area contributed by atoms with Crippen molar-refractivity contribution in [2.24, 2.45) is 7.05 Å². The van der Waals surface area contributed by atoms with Gasteiger partial charge in [0, 0.05) is 30.8 Å². The van der Waals surface area contributed by atoms with E-state index in [1.807, 2.05) is 0 Å². The van der Waals surface area contributed by atoms with Crippen LogP contribution in [0.4, 0.5) is 17.6 Å². The molecule has 142 valence electrons. The predicted octanol–water partition coefficient (Wildman–Crippen LogP) is 3.74. The van der Waals surface area contributed by atoms with Crippen molar-refractivity contribution in [3.63, 3.8) is 0 Å². The number of rotatable bonds is 4. The first kappa shape index (κ1) is 20.3. The van der Waals surface area contributed by atoms with Gasteiger partial charge in [-0.05, 0) is 17.7 Å². The molecule has 0 fully saturated rings. The average Bonchev–Trinajstić information content (AvgIpc) is 2.57. The average molecular weight is 394 g/mol. The Morgan fingerprint density at radius 1 is 1.23 bits per heavy atom. The first-order valence-electron chi connectivity index (χ1n) is 7.43. The largest absolute Gasteiger partial charge is 0.494 e. The molecule has 0 spiro atoms. The Kier molecular flexibility index (Phi) is 5.39. The molecule has 2 rings (SSSR count). The summed E-state index contributed by atoms with van der Waals surface area (Å²) in [5, 5.41) is 10.1. The fourth-order valence-electron chi connectivity index (χ4n) is 2.74. The standard InChI is InChI=1S/C17H16ClF4NO3/c1-9(11-5-6-12(26-3)15(19)14(11)18)16(25,17(20,21)22)10-4-7-13(24)23(2)8-10/h4-9,25H,1-3H3/t9-,16-/m0/s1. The highest BCUT2D eigenvalue weighted by molar-refractivity contribution is 6.31. The molecule has 2 aromatic rings. The number of hydrogen-bond acceptors (Lipinski definition) is 3. The second-order valence-corrected chi connectivity index (χ2v) is 6.22. The van der Waals surface area contributed by atoms with Gasteiger partial charge in [0.15, 0.2) is 17.2 Å². The number of hydrogen-bond donors (Lipinski definition) is 1. The van der Waals surface area contributed by atoms with Crippen LogP contribution in [0.3, 0.4) is 0 Å². The van der Waals surface area contributed by atoms with Crippen LogP contribution < -0.4 is 10.3 Å². The molecule has 0 amide bonds. The Balaban J connectivity index is 2.70. The number of nitrogens with zero attached hydrogens (tertiary/aromatic N) is 1. The minimum absolute atomic E-state index is 0.233. The van der Waals surface area contributed by atoms with Crippen molar-refractivity contribution in [1.82, 2.24) is 4.57 Å². The smallest absolute Gasteiger partial charge is 0.422 e. The number of pyridine rings is 1. The van der Waals surface area contributed by atoms with Gasteiger partial charge in [-0.25, -0.2) is 4.39 Å². The number of alkyl halides is 3. The molecule has 0 aliphatic rings. The Morgan fingerprint density at radius 2 is 1.85 bits per heavy atom. The minimum Gasteiger partial charge on any atom is -0.494 e.